The Morgan fingerprint density at radius 2 is 1.68 bits per heavy atom. The van der Waals surface area contributed by atoms with Gasteiger partial charge in [-0.05, 0) is 75.1 Å². The van der Waals surface area contributed by atoms with Crippen molar-refractivity contribution in [2.75, 3.05) is 12.0 Å². The molecule has 0 aromatic heterocycles. The number of imide groups is 2. The van der Waals surface area contributed by atoms with E-state index in [1.54, 1.807) is 42.5 Å². The van der Waals surface area contributed by atoms with Crippen LogP contribution in [0.1, 0.15) is 16.7 Å². The van der Waals surface area contributed by atoms with Gasteiger partial charge in [-0.1, -0.05) is 54.6 Å². The van der Waals surface area contributed by atoms with Gasteiger partial charge in [0.15, 0.2) is 11.5 Å². The van der Waals surface area contributed by atoms with Gasteiger partial charge in [0, 0.05) is 5.56 Å². The van der Waals surface area contributed by atoms with Gasteiger partial charge in [-0.15, -0.1) is 0 Å². The van der Waals surface area contributed by atoms with Gasteiger partial charge in [0.1, 0.15) is 12.2 Å². The van der Waals surface area contributed by atoms with Gasteiger partial charge in [0.2, 0.25) is 0 Å². The highest BCUT2D eigenvalue weighted by Gasteiger charge is 2.36. The first-order valence-electron chi connectivity index (χ1n) is 11.8. The van der Waals surface area contributed by atoms with Crippen LogP contribution in [-0.4, -0.2) is 25.0 Å². The van der Waals surface area contributed by atoms with E-state index in [1.807, 2.05) is 19.1 Å². The van der Waals surface area contributed by atoms with Crippen molar-refractivity contribution in [3.63, 3.8) is 0 Å². The molecule has 0 aliphatic carbocycles. The van der Waals surface area contributed by atoms with E-state index in [0.29, 0.717) is 33.8 Å². The molecule has 7 nitrogen and oxygen atoms in total. The van der Waals surface area contributed by atoms with E-state index in [9.17, 15) is 14.4 Å². The largest absolute Gasteiger partial charge is 0.493 e. The quantitative estimate of drug-likeness (QED) is 0.221. The maximum atomic E-state index is 13.2. The first-order valence-corrected chi connectivity index (χ1v) is 12.6. The van der Waals surface area contributed by atoms with Crippen LogP contribution in [-0.2, 0) is 16.2 Å². The fourth-order valence-electron chi connectivity index (χ4n) is 4.38. The molecular formula is C30H23BrN2O5. The highest BCUT2D eigenvalue weighted by Crippen LogP contribution is 2.38. The average Bonchev–Trinajstić information content (AvgIpc) is 2.91. The van der Waals surface area contributed by atoms with Crippen molar-refractivity contribution in [2.24, 2.45) is 0 Å². The first kappa shape index (κ1) is 25.2. The van der Waals surface area contributed by atoms with Crippen LogP contribution in [0.4, 0.5) is 10.5 Å². The van der Waals surface area contributed by atoms with Gasteiger partial charge >= 0.3 is 6.03 Å². The molecule has 4 aromatic carbocycles. The Hall–Kier alpha value is -4.43. The van der Waals surface area contributed by atoms with Crippen LogP contribution in [0.2, 0.25) is 0 Å². The number of carbonyl (C=O) groups excluding carboxylic acids is 3. The lowest BCUT2D eigenvalue weighted by Gasteiger charge is -2.26. The van der Waals surface area contributed by atoms with E-state index in [4.69, 9.17) is 9.47 Å². The summed E-state index contributed by atoms with van der Waals surface area (Å²) in [6, 6.07) is 23.3. The van der Waals surface area contributed by atoms with Gasteiger partial charge in [-0.3, -0.25) is 14.9 Å². The highest BCUT2D eigenvalue weighted by molar-refractivity contribution is 9.10. The minimum Gasteiger partial charge on any atom is -0.493 e. The first-order chi connectivity index (χ1) is 18.4. The molecule has 1 saturated heterocycles. The molecule has 0 atom stereocenters. The summed E-state index contributed by atoms with van der Waals surface area (Å²) in [6.07, 6.45) is 1.42. The molecule has 38 heavy (non-hydrogen) atoms. The molecule has 5 rings (SSSR count). The number of halogens is 1. The fraction of sp³-hybridized carbons (Fsp3) is 0.100. The van der Waals surface area contributed by atoms with Gasteiger partial charge in [-0.2, -0.15) is 0 Å². The van der Waals surface area contributed by atoms with Crippen LogP contribution in [0.15, 0.2) is 88.9 Å². The Morgan fingerprint density at radius 3 is 2.45 bits per heavy atom. The summed E-state index contributed by atoms with van der Waals surface area (Å²) in [7, 11) is 1.52. The molecule has 0 unspecified atom stereocenters. The van der Waals surface area contributed by atoms with Crippen LogP contribution >= 0.6 is 15.9 Å². The molecule has 0 spiro atoms. The summed E-state index contributed by atoms with van der Waals surface area (Å²) in [5.41, 5.74) is 2.88. The predicted octanol–water partition coefficient (Wildman–Crippen LogP) is 6.16. The van der Waals surface area contributed by atoms with Crippen molar-refractivity contribution >= 4 is 56.3 Å². The Kier molecular flexibility index (Phi) is 6.98. The number of amides is 4. The average molecular weight is 571 g/mol. The minimum atomic E-state index is -0.797. The second-order valence-corrected chi connectivity index (χ2v) is 9.55. The normalized spacial score (nSPS) is 14.7. The number of ether oxygens (including phenoxy) is 2. The number of urea groups is 1. The molecule has 190 valence electrons. The number of rotatable bonds is 6. The Bertz CT molecular complexity index is 1610. The molecule has 1 heterocycles. The van der Waals surface area contributed by atoms with Gasteiger partial charge in [-0.25, -0.2) is 9.69 Å². The summed E-state index contributed by atoms with van der Waals surface area (Å²) in [6.45, 7) is 2.36. The molecule has 8 heteroatoms. The van der Waals surface area contributed by atoms with Crippen LogP contribution in [0.5, 0.6) is 11.5 Å². The summed E-state index contributed by atoms with van der Waals surface area (Å²) in [5.74, 6) is -0.577. The fourth-order valence-corrected chi connectivity index (χ4v) is 4.95. The van der Waals surface area contributed by atoms with E-state index >= 15 is 0 Å². The predicted molar refractivity (Wildman–Crippen MR) is 149 cm³/mol. The number of nitrogens with zero attached hydrogens (tertiary/aromatic N) is 1. The minimum absolute atomic E-state index is 0.178. The summed E-state index contributed by atoms with van der Waals surface area (Å²) in [4.78, 5) is 39.1. The van der Waals surface area contributed by atoms with Crippen molar-refractivity contribution < 1.29 is 23.9 Å². The van der Waals surface area contributed by atoms with Crippen molar-refractivity contribution in [2.45, 2.75) is 13.5 Å². The van der Waals surface area contributed by atoms with E-state index in [2.05, 4.69) is 45.5 Å². The topological polar surface area (TPSA) is 84.9 Å². The lowest BCUT2D eigenvalue weighted by molar-refractivity contribution is -0.122. The third kappa shape index (κ3) is 4.78. The van der Waals surface area contributed by atoms with E-state index in [1.165, 1.54) is 13.2 Å². The number of nitrogens with one attached hydrogen (secondary N) is 1. The Labute approximate surface area is 227 Å². The molecule has 1 aliphatic rings. The lowest BCUT2D eigenvalue weighted by Crippen LogP contribution is -2.54. The van der Waals surface area contributed by atoms with Crippen LogP contribution in [0.3, 0.4) is 0 Å². The zero-order chi connectivity index (χ0) is 26.8. The Morgan fingerprint density at radius 1 is 0.947 bits per heavy atom. The molecule has 0 radical (unpaired) electrons. The molecule has 4 amide bonds. The molecule has 1 N–H and O–H groups in total. The molecular weight excluding hydrogens is 548 g/mol. The maximum absolute atomic E-state index is 13.2. The standard InChI is InChI=1S/C30H23BrN2O5/c1-18-12-13-20-8-6-7-11-22(20)24(18)17-38-27-25(31)15-19(16-26(27)37-2)14-23-28(34)32-30(36)33(29(23)35)21-9-4-3-5-10-21/h3-16H,17H2,1-2H3,(H,32,34,36)/b23-14+. The SMILES string of the molecule is COc1cc(/C=C2\C(=O)NC(=O)N(c3ccccc3)C2=O)cc(Br)c1OCc1c(C)ccc2ccccc12. The summed E-state index contributed by atoms with van der Waals surface area (Å²) >= 11 is 3.55. The number of carbonyl (C=O) groups is 3. The molecule has 4 aromatic rings. The number of hydrogen-bond donors (Lipinski definition) is 1. The molecule has 1 fully saturated rings. The van der Waals surface area contributed by atoms with Crippen LogP contribution in [0.25, 0.3) is 16.8 Å². The monoisotopic (exact) mass is 570 g/mol. The zero-order valence-electron chi connectivity index (χ0n) is 20.7. The third-order valence-electron chi connectivity index (χ3n) is 6.31. The number of hydrogen-bond acceptors (Lipinski definition) is 5. The number of methoxy groups -OCH3 is 1. The second-order valence-electron chi connectivity index (χ2n) is 8.70. The number of anilines is 1. The zero-order valence-corrected chi connectivity index (χ0v) is 22.2. The number of aryl methyl sites for hydroxylation is 1. The number of benzene rings is 4. The molecule has 0 saturated carbocycles. The van der Waals surface area contributed by atoms with E-state index in [0.717, 1.165) is 26.8 Å². The number of barbiturate groups is 1. The Balaban J connectivity index is 1.46. The molecule has 1 aliphatic heterocycles. The van der Waals surface area contributed by atoms with E-state index in [-0.39, 0.29) is 5.57 Å². The van der Waals surface area contributed by atoms with E-state index < -0.39 is 17.8 Å². The number of fused-ring (bicyclic) bond motifs is 1. The number of para-hydroxylation sites is 1. The van der Waals surface area contributed by atoms with Gasteiger partial charge < -0.3 is 9.47 Å². The van der Waals surface area contributed by atoms with Crippen molar-refractivity contribution in [1.82, 2.24) is 5.32 Å². The van der Waals surface area contributed by atoms with Crippen LogP contribution in [0, 0.1) is 6.92 Å². The van der Waals surface area contributed by atoms with Crippen molar-refractivity contribution in [1.29, 1.82) is 0 Å². The highest BCUT2D eigenvalue weighted by atomic mass is 79.9. The molecule has 0 bridgehead atoms. The maximum Gasteiger partial charge on any atom is 0.335 e. The summed E-state index contributed by atoms with van der Waals surface area (Å²) < 4.78 is 12.4. The smallest absolute Gasteiger partial charge is 0.335 e. The lowest BCUT2D eigenvalue weighted by atomic mass is 10.0. The van der Waals surface area contributed by atoms with Gasteiger partial charge in [0.05, 0.1) is 17.3 Å². The van der Waals surface area contributed by atoms with Crippen molar-refractivity contribution in [3.05, 3.63) is 106 Å². The third-order valence-corrected chi connectivity index (χ3v) is 6.90. The van der Waals surface area contributed by atoms with Gasteiger partial charge in [0.25, 0.3) is 11.8 Å². The van der Waals surface area contributed by atoms with Crippen molar-refractivity contribution in [3.8, 4) is 11.5 Å². The van der Waals surface area contributed by atoms with Crippen LogP contribution < -0.4 is 19.7 Å². The summed E-state index contributed by atoms with van der Waals surface area (Å²) in [5, 5.41) is 4.47. The second kappa shape index (κ2) is 10.5.